The maximum atomic E-state index is 4.57. The molecule has 32 heavy (non-hydrogen) atoms. The highest BCUT2D eigenvalue weighted by Crippen LogP contribution is 2.31. The first-order valence-corrected chi connectivity index (χ1v) is 11.1. The summed E-state index contributed by atoms with van der Waals surface area (Å²) in [5.74, 6) is 0. The molecule has 4 nitrogen and oxygen atoms in total. The fourth-order valence-electron chi connectivity index (χ4n) is 5.09. The first-order chi connectivity index (χ1) is 15.8. The molecule has 0 amide bonds. The molecule has 0 fully saturated rings. The lowest BCUT2D eigenvalue weighted by Gasteiger charge is -2.24. The van der Waals surface area contributed by atoms with Gasteiger partial charge in [0, 0.05) is 52.7 Å². The lowest BCUT2D eigenvalue weighted by Crippen LogP contribution is -2.19. The molecule has 0 atom stereocenters. The second-order valence-electron chi connectivity index (χ2n) is 8.54. The molecule has 4 heteroatoms. The van der Waals surface area contributed by atoms with Crippen molar-refractivity contribution in [2.45, 2.75) is 13.0 Å². The summed E-state index contributed by atoms with van der Waals surface area (Å²) in [6.07, 6.45) is 14.2. The highest BCUT2D eigenvalue weighted by atomic mass is 15.2. The van der Waals surface area contributed by atoms with E-state index in [1.54, 1.807) is 0 Å². The summed E-state index contributed by atoms with van der Waals surface area (Å²) < 4.78 is 4.56. The number of hydrogen-bond donors (Lipinski definition) is 0. The van der Waals surface area contributed by atoms with Crippen LogP contribution < -0.4 is 5.36 Å². The Kier molecular flexibility index (Phi) is 3.70. The number of rotatable bonds is 0. The molecule has 5 aromatic rings. The normalized spacial score (nSPS) is 15.9. The van der Waals surface area contributed by atoms with E-state index in [1.165, 1.54) is 44.3 Å². The van der Waals surface area contributed by atoms with E-state index in [2.05, 4.69) is 116 Å². The second kappa shape index (κ2) is 6.72. The van der Waals surface area contributed by atoms with E-state index in [0.717, 1.165) is 24.9 Å². The fraction of sp³-hybridized carbons (Fsp3) is 0.107. The number of hydrogen-bond acceptors (Lipinski definition) is 2. The van der Waals surface area contributed by atoms with Crippen LogP contribution >= 0.6 is 0 Å². The first-order valence-electron chi connectivity index (χ1n) is 11.1. The number of fused-ring (bicyclic) bond motifs is 9. The van der Waals surface area contributed by atoms with Gasteiger partial charge in [-0.2, -0.15) is 0 Å². The third-order valence-electron chi connectivity index (χ3n) is 6.60. The quantitative estimate of drug-likeness (QED) is 0.322. The lowest BCUT2D eigenvalue weighted by atomic mass is 10.2. The molecule has 2 aromatic carbocycles. The fourth-order valence-corrected chi connectivity index (χ4v) is 5.09. The summed E-state index contributed by atoms with van der Waals surface area (Å²) >= 11 is 0. The average molecular weight is 415 g/mol. The van der Waals surface area contributed by atoms with Gasteiger partial charge >= 0.3 is 0 Å². The molecular weight excluding hydrogens is 392 g/mol. The molecule has 0 radical (unpaired) electrons. The minimum absolute atomic E-state index is 0.800. The number of allylic oxidation sites excluding steroid dienone is 1. The van der Waals surface area contributed by atoms with E-state index in [4.69, 9.17) is 0 Å². The van der Waals surface area contributed by atoms with Crippen molar-refractivity contribution in [3.8, 4) is 0 Å². The zero-order valence-corrected chi connectivity index (χ0v) is 17.6. The van der Waals surface area contributed by atoms with E-state index in [-0.39, 0.29) is 0 Å². The highest BCUT2D eigenvalue weighted by Gasteiger charge is 2.20. The molecule has 3 aromatic heterocycles. The minimum atomic E-state index is 0.800. The SMILES string of the molecule is C1=CN2Cc3cc4ccccc4n3C=C2C1.C1=Cc2cn3c(cc4ccccc43)c2=NC1. The Morgan fingerprint density at radius 1 is 0.812 bits per heavy atom. The van der Waals surface area contributed by atoms with Crippen molar-refractivity contribution in [1.29, 1.82) is 0 Å². The molecular formula is C28H22N4. The van der Waals surface area contributed by atoms with Crippen LogP contribution in [0.2, 0.25) is 0 Å². The lowest BCUT2D eigenvalue weighted by molar-refractivity contribution is 0.451. The topological polar surface area (TPSA) is 24.9 Å². The number of nitrogens with zero attached hydrogens (tertiary/aromatic N) is 4. The minimum Gasteiger partial charge on any atom is -0.344 e. The van der Waals surface area contributed by atoms with Crippen molar-refractivity contribution < 1.29 is 0 Å². The van der Waals surface area contributed by atoms with Crippen LogP contribution in [-0.2, 0) is 6.54 Å². The van der Waals surface area contributed by atoms with Crippen molar-refractivity contribution in [3.05, 3.63) is 108 Å². The number of benzene rings is 2. The van der Waals surface area contributed by atoms with Crippen LogP contribution in [0.3, 0.4) is 0 Å². The molecule has 154 valence electrons. The Bertz CT molecular complexity index is 1660. The van der Waals surface area contributed by atoms with E-state index < -0.39 is 0 Å². The monoisotopic (exact) mass is 414 g/mol. The van der Waals surface area contributed by atoms with Gasteiger partial charge < -0.3 is 13.9 Å². The largest absolute Gasteiger partial charge is 0.344 e. The predicted octanol–water partition coefficient (Wildman–Crippen LogP) is 5.63. The van der Waals surface area contributed by atoms with Gasteiger partial charge in [0.05, 0.1) is 35.0 Å². The molecule has 3 aliphatic rings. The van der Waals surface area contributed by atoms with Gasteiger partial charge in [0.2, 0.25) is 0 Å². The Hall–Kier alpha value is -4.05. The van der Waals surface area contributed by atoms with Gasteiger partial charge in [0.1, 0.15) is 0 Å². The molecule has 8 rings (SSSR count). The Morgan fingerprint density at radius 2 is 1.62 bits per heavy atom. The van der Waals surface area contributed by atoms with Crippen molar-refractivity contribution in [2.24, 2.45) is 4.99 Å². The molecule has 0 unspecified atom stereocenters. The van der Waals surface area contributed by atoms with Crippen LogP contribution in [0.25, 0.3) is 39.6 Å². The van der Waals surface area contributed by atoms with Gasteiger partial charge in [0.25, 0.3) is 0 Å². The van der Waals surface area contributed by atoms with E-state index in [1.807, 2.05) is 0 Å². The van der Waals surface area contributed by atoms with Crippen LogP contribution in [-0.4, -0.2) is 20.4 Å². The highest BCUT2D eigenvalue weighted by molar-refractivity contribution is 5.88. The van der Waals surface area contributed by atoms with Crippen LogP contribution in [0.5, 0.6) is 0 Å². The molecule has 0 N–H and O–H groups in total. The van der Waals surface area contributed by atoms with Gasteiger partial charge in [-0.1, -0.05) is 54.6 Å². The third kappa shape index (κ3) is 2.59. The second-order valence-corrected chi connectivity index (χ2v) is 8.54. The summed E-state index contributed by atoms with van der Waals surface area (Å²) in [4.78, 5) is 6.90. The zero-order valence-electron chi connectivity index (χ0n) is 17.6. The molecule has 0 spiro atoms. The summed E-state index contributed by atoms with van der Waals surface area (Å²) in [6.45, 7) is 1.80. The van der Waals surface area contributed by atoms with E-state index in [0.29, 0.717) is 0 Å². The van der Waals surface area contributed by atoms with Crippen molar-refractivity contribution in [1.82, 2.24) is 13.9 Å². The van der Waals surface area contributed by atoms with Crippen molar-refractivity contribution in [3.63, 3.8) is 0 Å². The van der Waals surface area contributed by atoms with Gasteiger partial charge in [-0.15, -0.1) is 0 Å². The molecule has 0 aliphatic carbocycles. The van der Waals surface area contributed by atoms with Crippen LogP contribution in [0.4, 0.5) is 0 Å². The summed E-state index contributed by atoms with van der Waals surface area (Å²) in [5, 5.41) is 3.75. The van der Waals surface area contributed by atoms with Crippen LogP contribution in [0.1, 0.15) is 17.7 Å². The molecule has 0 bridgehead atoms. The molecule has 0 saturated carbocycles. The zero-order chi connectivity index (χ0) is 21.1. The Balaban J connectivity index is 0.000000113. The van der Waals surface area contributed by atoms with E-state index in [9.17, 15) is 0 Å². The molecule has 0 saturated heterocycles. The molecule has 6 heterocycles. The maximum Gasteiger partial charge on any atom is 0.0905 e. The average Bonchev–Trinajstić information content (AvgIpc) is 3.59. The van der Waals surface area contributed by atoms with Gasteiger partial charge in [-0.3, -0.25) is 4.99 Å². The van der Waals surface area contributed by atoms with Crippen LogP contribution in [0, 0.1) is 0 Å². The maximum absolute atomic E-state index is 4.57. The van der Waals surface area contributed by atoms with Gasteiger partial charge in [-0.05, 0) is 24.3 Å². The molecule has 3 aliphatic heterocycles. The van der Waals surface area contributed by atoms with Crippen molar-refractivity contribution in [2.75, 3.05) is 6.54 Å². The summed E-state index contributed by atoms with van der Waals surface area (Å²) in [6, 6.07) is 21.5. The first kappa shape index (κ1) is 17.6. The van der Waals surface area contributed by atoms with E-state index >= 15 is 0 Å². The standard InChI is InChI=1S/C14H12N2.C14H10N2/c1-2-6-14-11(4-1)8-13-9-15-7-3-5-12(15)10-16(13)14;1-2-6-12-10(4-1)8-13-14-11(9-16(12)13)5-3-7-15-14/h1-4,6-8,10H,5,9H2;1-6,8-9H,7H2. The summed E-state index contributed by atoms with van der Waals surface area (Å²) in [5.41, 5.74) is 7.80. The Morgan fingerprint density at radius 3 is 2.53 bits per heavy atom. The smallest absolute Gasteiger partial charge is 0.0905 e. The van der Waals surface area contributed by atoms with Crippen molar-refractivity contribution >= 4 is 39.6 Å². The number of aromatic nitrogens is 2. The third-order valence-corrected chi connectivity index (χ3v) is 6.60. The summed E-state index contributed by atoms with van der Waals surface area (Å²) in [7, 11) is 0. The van der Waals surface area contributed by atoms with Crippen LogP contribution in [0.15, 0.2) is 95.9 Å². The van der Waals surface area contributed by atoms with Gasteiger partial charge in [-0.25, -0.2) is 0 Å². The Labute approximate surface area is 185 Å². The predicted molar refractivity (Wildman–Crippen MR) is 131 cm³/mol. The number of para-hydroxylation sites is 2. The van der Waals surface area contributed by atoms with Gasteiger partial charge in [0.15, 0.2) is 0 Å².